The van der Waals surface area contributed by atoms with E-state index in [4.69, 9.17) is 4.74 Å². The second-order valence-electron chi connectivity index (χ2n) is 8.12. The van der Waals surface area contributed by atoms with E-state index in [-0.39, 0.29) is 6.09 Å². The Morgan fingerprint density at radius 3 is 2.48 bits per heavy atom. The predicted octanol–water partition coefficient (Wildman–Crippen LogP) is 2.64. The van der Waals surface area contributed by atoms with Gasteiger partial charge in [0.2, 0.25) is 0 Å². The van der Waals surface area contributed by atoms with Crippen molar-refractivity contribution in [2.75, 3.05) is 13.1 Å². The van der Waals surface area contributed by atoms with Crippen molar-refractivity contribution >= 4 is 12.1 Å². The highest BCUT2D eigenvalue weighted by Crippen LogP contribution is 2.46. The number of hydrogen-bond donors (Lipinski definition) is 2. The third-order valence-corrected chi connectivity index (χ3v) is 4.91. The molecule has 1 aliphatic carbocycles. The van der Waals surface area contributed by atoms with Crippen LogP contribution in [-0.4, -0.2) is 52.0 Å². The number of rotatable bonds is 4. The molecule has 0 bridgehead atoms. The Labute approximate surface area is 137 Å². The number of carbonyl (C=O) groups is 2. The summed E-state index contributed by atoms with van der Waals surface area (Å²) in [6, 6.07) is 0. The summed E-state index contributed by atoms with van der Waals surface area (Å²) >= 11 is 0. The minimum atomic E-state index is -0.803. The van der Waals surface area contributed by atoms with E-state index in [0.717, 1.165) is 19.3 Å². The van der Waals surface area contributed by atoms with Crippen LogP contribution in [0.1, 0.15) is 59.3 Å². The quantitative estimate of drug-likeness (QED) is 0.829. The van der Waals surface area contributed by atoms with Crippen LogP contribution in [0.25, 0.3) is 0 Å². The number of aliphatic hydroxyl groups is 1. The Kier molecular flexibility index (Phi) is 5.23. The number of ether oxygens (including phenoxy) is 1. The summed E-state index contributed by atoms with van der Waals surface area (Å²) < 4.78 is 5.42. The lowest BCUT2D eigenvalue weighted by molar-refractivity contribution is -0.164. The average molecular weight is 327 g/mol. The number of carbonyl (C=O) groups excluding carboxylic acids is 1. The number of likely N-dealkylation sites (tertiary alicyclic amines) is 1. The van der Waals surface area contributed by atoms with Gasteiger partial charge in [0.25, 0.3) is 0 Å². The maximum atomic E-state index is 12.2. The number of hydrogen-bond acceptors (Lipinski definition) is 4. The lowest BCUT2D eigenvalue weighted by Crippen LogP contribution is -2.48. The second kappa shape index (κ2) is 6.67. The highest BCUT2D eigenvalue weighted by molar-refractivity contribution is 5.76. The monoisotopic (exact) mass is 327 g/mol. The van der Waals surface area contributed by atoms with Gasteiger partial charge in [0.05, 0.1) is 11.5 Å². The van der Waals surface area contributed by atoms with Gasteiger partial charge in [-0.3, -0.25) is 4.79 Å². The van der Waals surface area contributed by atoms with E-state index >= 15 is 0 Å². The van der Waals surface area contributed by atoms with Crippen LogP contribution in [0.4, 0.5) is 4.79 Å². The van der Waals surface area contributed by atoms with Crippen molar-refractivity contribution in [1.29, 1.82) is 0 Å². The Hall–Kier alpha value is -1.30. The third-order valence-electron chi connectivity index (χ3n) is 4.91. The number of aliphatic hydroxyl groups excluding tert-OH is 1. The first kappa shape index (κ1) is 18.0. The van der Waals surface area contributed by atoms with Gasteiger partial charge in [0, 0.05) is 13.1 Å². The van der Waals surface area contributed by atoms with Crippen LogP contribution in [0.3, 0.4) is 0 Å². The van der Waals surface area contributed by atoms with E-state index < -0.39 is 23.1 Å². The summed E-state index contributed by atoms with van der Waals surface area (Å²) in [5.74, 6) is -0.493. The molecule has 23 heavy (non-hydrogen) atoms. The molecule has 0 aromatic heterocycles. The van der Waals surface area contributed by atoms with Crippen LogP contribution in [0, 0.1) is 11.3 Å². The molecule has 1 amide bonds. The zero-order chi connectivity index (χ0) is 17.3. The summed E-state index contributed by atoms with van der Waals surface area (Å²) in [5, 5.41) is 18.9. The zero-order valence-electron chi connectivity index (χ0n) is 14.4. The fraction of sp³-hybridized carbons (Fsp3) is 0.882. The Morgan fingerprint density at radius 2 is 1.96 bits per heavy atom. The number of aliphatic carboxylic acids is 1. The fourth-order valence-electron chi connectivity index (χ4n) is 3.60. The molecule has 0 spiro atoms. The molecule has 1 heterocycles. The average Bonchev–Trinajstić information content (AvgIpc) is 2.40. The van der Waals surface area contributed by atoms with Crippen molar-refractivity contribution in [2.45, 2.75) is 71.0 Å². The molecule has 2 N–H and O–H groups in total. The normalized spacial score (nSPS) is 31.4. The second-order valence-corrected chi connectivity index (χ2v) is 8.12. The molecular formula is C17H29NO5. The molecule has 1 atom stereocenters. The largest absolute Gasteiger partial charge is 0.481 e. The zero-order valence-corrected chi connectivity index (χ0v) is 14.4. The van der Waals surface area contributed by atoms with Crippen molar-refractivity contribution in [3.8, 4) is 0 Å². The molecule has 0 radical (unpaired) electrons. The molecule has 2 aliphatic rings. The molecule has 1 saturated carbocycles. The predicted molar refractivity (Wildman–Crippen MR) is 85.1 cm³/mol. The van der Waals surface area contributed by atoms with Gasteiger partial charge in [-0.05, 0) is 65.2 Å². The third kappa shape index (κ3) is 4.59. The van der Waals surface area contributed by atoms with Gasteiger partial charge in [0.15, 0.2) is 0 Å². The number of nitrogens with zero attached hydrogens (tertiary/aromatic N) is 1. The molecule has 1 saturated heterocycles. The molecule has 2 fully saturated rings. The summed E-state index contributed by atoms with van der Waals surface area (Å²) in [4.78, 5) is 25.3. The van der Waals surface area contributed by atoms with Crippen LogP contribution in [-0.2, 0) is 9.53 Å². The maximum absolute atomic E-state index is 12.2. The molecule has 6 nitrogen and oxygen atoms in total. The molecule has 1 aliphatic heterocycles. The van der Waals surface area contributed by atoms with E-state index in [9.17, 15) is 19.8 Å². The number of piperidine rings is 1. The van der Waals surface area contributed by atoms with Crippen LogP contribution < -0.4 is 0 Å². The van der Waals surface area contributed by atoms with Gasteiger partial charge in [-0.15, -0.1) is 0 Å². The van der Waals surface area contributed by atoms with Crippen LogP contribution in [0.15, 0.2) is 0 Å². The number of amides is 1. The summed E-state index contributed by atoms with van der Waals surface area (Å²) in [5.41, 5.74) is -1.26. The fourth-order valence-corrected chi connectivity index (χ4v) is 3.60. The molecule has 132 valence electrons. The number of carboxylic acids is 1. The van der Waals surface area contributed by atoms with Crippen molar-refractivity contribution in [1.82, 2.24) is 4.90 Å². The van der Waals surface area contributed by atoms with Crippen molar-refractivity contribution in [2.24, 2.45) is 11.3 Å². The van der Waals surface area contributed by atoms with Crippen LogP contribution in [0.5, 0.6) is 0 Å². The Morgan fingerprint density at radius 1 is 1.30 bits per heavy atom. The highest BCUT2D eigenvalue weighted by atomic mass is 16.6. The summed E-state index contributed by atoms with van der Waals surface area (Å²) in [7, 11) is 0. The molecule has 6 heteroatoms. The van der Waals surface area contributed by atoms with Crippen molar-refractivity contribution in [3.63, 3.8) is 0 Å². The van der Waals surface area contributed by atoms with Crippen molar-refractivity contribution < 1.29 is 24.5 Å². The smallest absolute Gasteiger partial charge is 0.410 e. The van der Waals surface area contributed by atoms with Gasteiger partial charge in [-0.25, -0.2) is 4.79 Å². The summed E-state index contributed by atoms with van der Waals surface area (Å²) in [6.07, 6.45) is 3.23. The highest BCUT2D eigenvalue weighted by Gasteiger charge is 2.49. The minimum absolute atomic E-state index is 0.283. The molecule has 1 unspecified atom stereocenters. The van der Waals surface area contributed by atoms with E-state index in [2.05, 4.69) is 0 Å². The molecule has 0 aromatic rings. The van der Waals surface area contributed by atoms with Crippen molar-refractivity contribution in [3.05, 3.63) is 0 Å². The van der Waals surface area contributed by atoms with E-state index in [1.807, 2.05) is 20.8 Å². The number of carboxylic acid groups (broad SMARTS) is 1. The lowest BCUT2D eigenvalue weighted by Gasteiger charge is -2.43. The van der Waals surface area contributed by atoms with E-state index in [1.165, 1.54) is 0 Å². The first-order chi connectivity index (χ1) is 10.6. The van der Waals surface area contributed by atoms with Gasteiger partial charge < -0.3 is 19.8 Å². The van der Waals surface area contributed by atoms with Gasteiger partial charge in [0.1, 0.15) is 5.60 Å². The molecular weight excluding hydrogens is 298 g/mol. The van der Waals surface area contributed by atoms with E-state index in [1.54, 1.807) is 4.90 Å². The Bertz CT molecular complexity index is 450. The Balaban J connectivity index is 1.84. The van der Waals surface area contributed by atoms with Gasteiger partial charge >= 0.3 is 12.1 Å². The molecule has 0 aromatic carbocycles. The first-order valence-corrected chi connectivity index (χ1v) is 8.51. The lowest BCUT2D eigenvalue weighted by atomic mass is 9.63. The molecule has 2 rings (SSSR count). The SMILES string of the molecule is CC(C)(C)OC(=O)N1CCCC(CCC2(C(=O)O)CC(O)C2)C1. The topological polar surface area (TPSA) is 87.1 Å². The minimum Gasteiger partial charge on any atom is -0.481 e. The first-order valence-electron chi connectivity index (χ1n) is 8.51. The van der Waals surface area contributed by atoms with Gasteiger partial charge in [-0.2, -0.15) is 0 Å². The standard InChI is InChI=1S/C17H29NO5/c1-16(2,3)23-15(22)18-8-4-5-12(11-18)6-7-17(14(20)21)9-13(19)10-17/h12-13,19H,4-11H2,1-3H3,(H,20,21). The summed E-state index contributed by atoms with van der Waals surface area (Å²) in [6.45, 7) is 6.89. The maximum Gasteiger partial charge on any atom is 0.410 e. The van der Waals surface area contributed by atoms with E-state index in [0.29, 0.717) is 38.3 Å². The van der Waals surface area contributed by atoms with Crippen LogP contribution >= 0.6 is 0 Å². The van der Waals surface area contributed by atoms with Crippen LogP contribution in [0.2, 0.25) is 0 Å². The van der Waals surface area contributed by atoms with Gasteiger partial charge in [-0.1, -0.05) is 0 Å².